The van der Waals surface area contributed by atoms with Gasteiger partial charge in [-0.2, -0.15) is 0 Å². The van der Waals surface area contributed by atoms with Gasteiger partial charge in [-0.05, 0) is 18.2 Å². The molecule has 2 rings (SSSR count). The van der Waals surface area contributed by atoms with Crippen LogP contribution in [0.5, 0.6) is 0 Å². The van der Waals surface area contributed by atoms with E-state index in [0.717, 1.165) is 12.1 Å². The van der Waals surface area contributed by atoms with Gasteiger partial charge in [0.05, 0.1) is 10.5 Å². The van der Waals surface area contributed by atoms with Gasteiger partial charge in [0.1, 0.15) is 12.0 Å². The van der Waals surface area contributed by atoms with E-state index in [1.165, 1.54) is 24.0 Å². The molecule has 1 aromatic carbocycles. The summed E-state index contributed by atoms with van der Waals surface area (Å²) in [5, 5.41) is 25.9. The van der Waals surface area contributed by atoms with Gasteiger partial charge in [0, 0.05) is 12.7 Å². The van der Waals surface area contributed by atoms with Crippen molar-refractivity contribution in [2.75, 3.05) is 5.32 Å². The van der Waals surface area contributed by atoms with Crippen molar-refractivity contribution in [3.63, 3.8) is 0 Å². The highest BCUT2D eigenvalue weighted by atomic mass is 19.1. The van der Waals surface area contributed by atoms with Gasteiger partial charge in [-0.25, -0.2) is 9.18 Å². The summed E-state index contributed by atoms with van der Waals surface area (Å²) in [6.45, 7) is 0. The molecule has 0 saturated heterocycles. The summed E-state index contributed by atoms with van der Waals surface area (Å²) < 4.78 is 14.7. The predicted octanol–water partition coefficient (Wildman–Crippen LogP) is 1.91. The van der Waals surface area contributed by atoms with Gasteiger partial charge >= 0.3 is 11.7 Å². The van der Waals surface area contributed by atoms with Crippen molar-refractivity contribution < 1.29 is 19.2 Å². The molecule has 0 fully saturated rings. The molecule has 2 N–H and O–H groups in total. The van der Waals surface area contributed by atoms with Crippen LogP contribution < -0.4 is 5.32 Å². The number of aromatic nitrogens is 2. The first-order valence-electron chi connectivity index (χ1n) is 5.36. The Labute approximate surface area is 111 Å². The van der Waals surface area contributed by atoms with E-state index in [1.54, 1.807) is 0 Å². The van der Waals surface area contributed by atoms with Gasteiger partial charge in [0.25, 0.3) is 0 Å². The lowest BCUT2D eigenvalue weighted by atomic mass is 10.2. The number of nitro groups is 1. The number of halogens is 1. The molecule has 0 spiro atoms. The van der Waals surface area contributed by atoms with E-state index >= 15 is 0 Å². The van der Waals surface area contributed by atoms with E-state index in [9.17, 15) is 19.3 Å². The zero-order valence-electron chi connectivity index (χ0n) is 10.2. The summed E-state index contributed by atoms with van der Waals surface area (Å²) in [6, 6.07) is 3.29. The Morgan fingerprint density at radius 2 is 2.25 bits per heavy atom. The van der Waals surface area contributed by atoms with Crippen LogP contribution in [0.15, 0.2) is 24.4 Å². The van der Waals surface area contributed by atoms with Gasteiger partial charge in [-0.1, -0.05) is 0 Å². The van der Waals surface area contributed by atoms with Crippen LogP contribution in [-0.4, -0.2) is 25.8 Å². The molecule has 9 heteroatoms. The van der Waals surface area contributed by atoms with E-state index in [-0.39, 0.29) is 17.2 Å². The second-order valence-electron chi connectivity index (χ2n) is 3.92. The van der Waals surface area contributed by atoms with Crippen molar-refractivity contribution in [1.82, 2.24) is 9.78 Å². The number of carboxylic acids is 1. The van der Waals surface area contributed by atoms with E-state index in [0.29, 0.717) is 0 Å². The largest absolute Gasteiger partial charge is 0.478 e. The smallest absolute Gasteiger partial charge is 0.338 e. The summed E-state index contributed by atoms with van der Waals surface area (Å²) >= 11 is 0. The Hall–Kier alpha value is -2.97. The number of rotatable bonds is 4. The van der Waals surface area contributed by atoms with Crippen LogP contribution in [0.1, 0.15) is 10.4 Å². The third kappa shape index (κ3) is 2.55. The number of hydrogen-bond acceptors (Lipinski definition) is 5. The fraction of sp³-hybridized carbons (Fsp3) is 0.0909. The van der Waals surface area contributed by atoms with Crippen molar-refractivity contribution in [2.24, 2.45) is 7.05 Å². The predicted molar refractivity (Wildman–Crippen MR) is 66.5 cm³/mol. The highest BCUT2D eigenvalue weighted by Gasteiger charge is 2.19. The summed E-state index contributed by atoms with van der Waals surface area (Å²) in [7, 11) is 1.51. The minimum absolute atomic E-state index is 0.0556. The molecule has 8 nitrogen and oxygen atoms in total. The first-order chi connectivity index (χ1) is 9.38. The van der Waals surface area contributed by atoms with E-state index in [1.807, 2.05) is 0 Å². The molecule has 0 aliphatic carbocycles. The molecule has 0 unspecified atom stereocenters. The fourth-order valence-electron chi connectivity index (χ4n) is 1.60. The van der Waals surface area contributed by atoms with Crippen molar-refractivity contribution in [3.05, 3.63) is 45.9 Å². The number of hydrogen-bond donors (Lipinski definition) is 2. The third-order valence-electron chi connectivity index (χ3n) is 2.47. The molecular formula is C11H9FN4O4. The molecule has 1 heterocycles. The monoisotopic (exact) mass is 280 g/mol. The maximum atomic E-state index is 13.5. The molecular weight excluding hydrogens is 271 g/mol. The van der Waals surface area contributed by atoms with Crippen molar-refractivity contribution in [3.8, 4) is 0 Å². The maximum Gasteiger partial charge on any atom is 0.338 e. The number of carbonyl (C=O) groups is 1. The van der Waals surface area contributed by atoms with E-state index in [2.05, 4.69) is 10.4 Å². The standard InChI is InChI=1S/C11H9FN4O4/c1-15-5-9(16(19)20)10(14-15)13-6-2-3-7(11(17)18)8(12)4-6/h2-5H,1H3,(H,13,14)(H,17,18). The van der Waals surface area contributed by atoms with Crippen LogP contribution in [0.4, 0.5) is 21.6 Å². The first kappa shape index (κ1) is 13.5. The van der Waals surface area contributed by atoms with Gasteiger partial charge in [0.15, 0.2) is 0 Å². The fourth-order valence-corrected chi connectivity index (χ4v) is 1.60. The normalized spacial score (nSPS) is 10.3. The van der Waals surface area contributed by atoms with Gasteiger partial charge in [-0.3, -0.25) is 14.8 Å². The highest BCUT2D eigenvalue weighted by Crippen LogP contribution is 2.26. The van der Waals surface area contributed by atoms with Gasteiger partial charge in [-0.15, -0.1) is 5.10 Å². The highest BCUT2D eigenvalue weighted by molar-refractivity contribution is 5.88. The molecule has 0 aliphatic heterocycles. The van der Waals surface area contributed by atoms with E-state index < -0.39 is 22.3 Å². The molecule has 0 atom stereocenters. The molecule has 0 aliphatic rings. The molecule has 2 aromatic rings. The van der Waals surface area contributed by atoms with E-state index in [4.69, 9.17) is 5.11 Å². The average Bonchev–Trinajstić information content (AvgIpc) is 2.70. The lowest BCUT2D eigenvalue weighted by Gasteiger charge is -2.04. The Morgan fingerprint density at radius 1 is 1.55 bits per heavy atom. The van der Waals surface area contributed by atoms with Crippen LogP contribution in [0, 0.1) is 15.9 Å². The number of nitrogens with one attached hydrogen (secondary N) is 1. The molecule has 1 aromatic heterocycles. The molecule has 20 heavy (non-hydrogen) atoms. The molecule has 0 radical (unpaired) electrons. The van der Waals surface area contributed by atoms with Crippen LogP contribution in [0.2, 0.25) is 0 Å². The topological polar surface area (TPSA) is 110 Å². The van der Waals surface area contributed by atoms with Crippen molar-refractivity contribution >= 4 is 23.2 Å². The van der Waals surface area contributed by atoms with Crippen LogP contribution in [-0.2, 0) is 7.05 Å². The van der Waals surface area contributed by atoms with Crippen LogP contribution in [0.25, 0.3) is 0 Å². The number of anilines is 2. The molecule has 104 valence electrons. The molecule has 0 bridgehead atoms. The third-order valence-corrected chi connectivity index (χ3v) is 2.47. The average molecular weight is 280 g/mol. The van der Waals surface area contributed by atoms with Crippen LogP contribution in [0.3, 0.4) is 0 Å². The SMILES string of the molecule is Cn1cc([N+](=O)[O-])c(Nc2ccc(C(=O)O)c(F)c2)n1. The number of carboxylic acid groups (broad SMARTS) is 1. The summed E-state index contributed by atoms with van der Waals surface area (Å²) in [6.07, 6.45) is 1.20. The second kappa shape index (κ2) is 4.96. The van der Waals surface area contributed by atoms with Crippen molar-refractivity contribution in [2.45, 2.75) is 0 Å². The minimum atomic E-state index is -1.39. The van der Waals surface area contributed by atoms with Gasteiger partial charge < -0.3 is 10.4 Å². The Bertz CT molecular complexity index is 698. The van der Waals surface area contributed by atoms with Crippen LogP contribution >= 0.6 is 0 Å². The number of aromatic carboxylic acids is 1. The lowest BCUT2D eigenvalue weighted by molar-refractivity contribution is -0.384. The zero-order chi connectivity index (χ0) is 14.9. The Balaban J connectivity index is 2.33. The number of aryl methyl sites for hydroxylation is 1. The summed E-state index contributed by atoms with van der Waals surface area (Å²) in [5.74, 6) is -2.39. The van der Waals surface area contributed by atoms with Crippen molar-refractivity contribution in [1.29, 1.82) is 0 Å². The summed E-state index contributed by atoms with van der Waals surface area (Å²) in [4.78, 5) is 20.8. The lowest BCUT2D eigenvalue weighted by Crippen LogP contribution is -2.02. The second-order valence-corrected chi connectivity index (χ2v) is 3.92. The minimum Gasteiger partial charge on any atom is -0.478 e. The molecule has 0 amide bonds. The quantitative estimate of drug-likeness (QED) is 0.653. The number of nitrogens with zero attached hydrogens (tertiary/aromatic N) is 3. The maximum absolute atomic E-state index is 13.5. The number of benzene rings is 1. The molecule has 0 saturated carbocycles. The Kier molecular flexibility index (Phi) is 3.34. The summed E-state index contributed by atoms with van der Waals surface area (Å²) in [5.41, 5.74) is -0.587. The van der Waals surface area contributed by atoms with Gasteiger partial charge in [0.2, 0.25) is 5.82 Å². The Morgan fingerprint density at radius 3 is 2.80 bits per heavy atom. The first-order valence-corrected chi connectivity index (χ1v) is 5.36. The zero-order valence-corrected chi connectivity index (χ0v) is 10.2.